The van der Waals surface area contributed by atoms with Crippen LogP contribution >= 0.6 is 11.6 Å². The van der Waals surface area contributed by atoms with E-state index in [1.54, 1.807) is 13.2 Å². The van der Waals surface area contributed by atoms with Crippen molar-refractivity contribution in [2.45, 2.75) is 11.6 Å². The molecule has 0 aromatic heterocycles. The van der Waals surface area contributed by atoms with Gasteiger partial charge >= 0.3 is 0 Å². The number of anilines is 1. The van der Waals surface area contributed by atoms with E-state index in [-0.39, 0.29) is 11.8 Å². The molecule has 0 saturated carbocycles. The summed E-state index contributed by atoms with van der Waals surface area (Å²) in [6.07, 6.45) is 0. The number of halogens is 1. The average molecular weight is 485 g/mol. The lowest BCUT2D eigenvalue weighted by Gasteiger charge is -2.45. The first-order valence-corrected chi connectivity index (χ1v) is 11.7. The van der Waals surface area contributed by atoms with Crippen LogP contribution in [0.5, 0.6) is 5.75 Å². The monoisotopic (exact) mass is 484 g/mol. The van der Waals surface area contributed by atoms with Crippen LogP contribution in [0.25, 0.3) is 0 Å². The van der Waals surface area contributed by atoms with E-state index in [0.717, 1.165) is 28.1 Å². The molecule has 0 spiro atoms. The Morgan fingerprint density at radius 3 is 1.97 bits per heavy atom. The number of methoxy groups -OCH3 is 1. The number of benzene rings is 4. The van der Waals surface area contributed by atoms with Crippen molar-refractivity contribution in [2.75, 3.05) is 19.5 Å². The second-order valence-corrected chi connectivity index (χ2v) is 8.78. The molecular formula is C29H25ClN2O3. The minimum absolute atomic E-state index is 0.261. The number of ether oxygens (including phenoxy) is 1. The summed E-state index contributed by atoms with van der Waals surface area (Å²) in [7, 11) is 3.15. The summed E-state index contributed by atoms with van der Waals surface area (Å²) in [4.78, 5) is 19.6. The van der Waals surface area contributed by atoms with Crippen LogP contribution in [0.15, 0.2) is 103 Å². The van der Waals surface area contributed by atoms with Crippen LogP contribution in [0.1, 0.15) is 33.0 Å². The van der Waals surface area contributed by atoms with E-state index < -0.39 is 5.66 Å². The van der Waals surface area contributed by atoms with Gasteiger partial charge in [-0.2, -0.15) is 5.06 Å². The fraction of sp³-hybridized carbons (Fsp3) is 0.138. The number of hydroxylamine groups is 2. The van der Waals surface area contributed by atoms with Crippen LogP contribution in [0.4, 0.5) is 5.69 Å². The van der Waals surface area contributed by atoms with Gasteiger partial charge in [0.15, 0.2) is 5.66 Å². The molecule has 4 aromatic rings. The van der Waals surface area contributed by atoms with Crippen molar-refractivity contribution in [3.05, 3.63) is 130 Å². The predicted molar refractivity (Wildman–Crippen MR) is 138 cm³/mol. The minimum Gasteiger partial charge on any atom is -0.497 e. The van der Waals surface area contributed by atoms with Crippen LogP contribution in [0.2, 0.25) is 5.02 Å². The second-order valence-electron chi connectivity index (χ2n) is 8.35. The molecule has 0 radical (unpaired) electrons. The fourth-order valence-electron chi connectivity index (χ4n) is 4.95. The largest absolute Gasteiger partial charge is 0.497 e. The number of amides is 1. The Hall–Kier alpha value is -3.80. The van der Waals surface area contributed by atoms with Gasteiger partial charge in [0.1, 0.15) is 5.75 Å². The normalized spacial score (nSPS) is 16.9. The highest BCUT2D eigenvalue weighted by Gasteiger charge is 2.56. The SMILES string of the molecule is COc1ccc(NC2(C(c3ccccc3)c3ccccc3)c3ccc(Cl)cc3C(=O)N2OC)cc1. The molecule has 5 nitrogen and oxygen atoms in total. The third-order valence-electron chi connectivity index (χ3n) is 6.42. The highest BCUT2D eigenvalue weighted by Crippen LogP contribution is 2.52. The first-order chi connectivity index (χ1) is 17.1. The third-order valence-corrected chi connectivity index (χ3v) is 6.65. The molecule has 1 amide bonds. The predicted octanol–water partition coefficient (Wildman–Crippen LogP) is 6.46. The zero-order valence-electron chi connectivity index (χ0n) is 19.4. The van der Waals surface area contributed by atoms with Crippen LogP contribution in [-0.2, 0) is 10.5 Å². The molecule has 0 aliphatic carbocycles. The van der Waals surface area contributed by atoms with E-state index in [4.69, 9.17) is 21.2 Å². The lowest BCUT2D eigenvalue weighted by molar-refractivity contribution is -0.155. The molecule has 0 bridgehead atoms. The molecule has 4 aromatic carbocycles. The molecule has 6 heteroatoms. The van der Waals surface area contributed by atoms with Crippen molar-refractivity contribution in [2.24, 2.45) is 0 Å². The zero-order chi connectivity index (χ0) is 24.4. The van der Waals surface area contributed by atoms with Crippen molar-refractivity contribution in [1.82, 2.24) is 5.06 Å². The van der Waals surface area contributed by atoms with Gasteiger partial charge in [-0.05, 0) is 47.5 Å². The van der Waals surface area contributed by atoms with Crippen LogP contribution in [-0.4, -0.2) is 25.2 Å². The van der Waals surface area contributed by atoms with Crippen LogP contribution in [0.3, 0.4) is 0 Å². The van der Waals surface area contributed by atoms with Gasteiger partial charge in [0.25, 0.3) is 5.91 Å². The molecule has 1 aliphatic heterocycles. The van der Waals surface area contributed by atoms with E-state index in [2.05, 4.69) is 29.6 Å². The number of nitrogens with one attached hydrogen (secondary N) is 1. The van der Waals surface area contributed by atoms with E-state index in [9.17, 15) is 4.79 Å². The molecule has 5 rings (SSSR count). The first kappa shape index (κ1) is 23.0. The van der Waals surface area contributed by atoms with E-state index in [0.29, 0.717) is 10.6 Å². The number of hydrogen-bond acceptors (Lipinski definition) is 4. The topological polar surface area (TPSA) is 50.8 Å². The molecule has 1 N–H and O–H groups in total. The molecule has 1 heterocycles. The Morgan fingerprint density at radius 1 is 0.829 bits per heavy atom. The first-order valence-electron chi connectivity index (χ1n) is 11.3. The van der Waals surface area contributed by atoms with Gasteiger partial charge in [0.05, 0.1) is 25.7 Å². The Morgan fingerprint density at radius 2 is 1.43 bits per heavy atom. The molecule has 35 heavy (non-hydrogen) atoms. The van der Waals surface area contributed by atoms with E-state index in [1.165, 1.54) is 12.2 Å². The van der Waals surface area contributed by atoms with Gasteiger partial charge in [-0.25, -0.2) is 0 Å². The number of hydrogen-bond donors (Lipinski definition) is 1. The summed E-state index contributed by atoms with van der Waals surface area (Å²) in [5.41, 5.74) is 3.03. The molecule has 0 saturated heterocycles. The second kappa shape index (κ2) is 9.45. The Labute approximate surface area is 209 Å². The maximum Gasteiger partial charge on any atom is 0.280 e. The highest BCUT2D eigenvalue weighted by atomic mass is 35.5. The number of carbonyl (C=O) groups is 1. The van der Waals surface area contributed by atoms with Crippen molar-refractivity contribution in [1.29, 1.82) is 0 Å². The molecule has 176 valence electrons. The standard InChI is InChI=1S/C29H25ClN2O3/c1-34-24-16-14-23(15-17-24)31-29(26-18-13-22(30)19-25(26)28(33)32(29)35-2)27(20-9-5-3-6-10-20)21-11-7-4-8-12-21/h3-19,27,31H,1-2H3. The Bertz CT molecular complexity index is 1290. The summed E-state index contributed by atoms with van der Waals surface area (Å²) in [6, 6.07) is 33.3. The van der Waals surface area contributed by atoms with Gasteiger partial charge in [-0.1, -0.05) is 78.3 Å². The smallest absolute Gasteiger partial charge is 0.280 e. The summed E-state index contributed by atoms with van der Waals surface area (Å²) in [5.74, 6) is 0.159. The minimum atomic E-state index is -1.11. The summed E-state index contributed by atoms with van der Waals surface area (Å²) in [5, 5.41) is 5.61. The molecule has 1 unspecified atom stereocenters. The van der Waals surface area contributed by atoms with Crippen molar-refractivity contribution in [3.63, 3.8) is 0 Å². The molecular weight excluding hydrogens is 460 g/mol. The fourth-order valence-corrected chi connectivity index (χ4v) is 5.13. The van der Waals surface area contributed by atoms with Crippen LogP contribution in [0, 0.1) is 0 Å². The molecule has 0 fully saturated rings. The molecule has 1 aliphatic rings. The Balaban J connectivity index is 1.82. The van der Waals surface area contributed by atoms with Crippen molar-refractivity contribution >= 4 is 23.2 Å². The number of rotatable bonds is 7. The van der Waals surface area contributed by atoms with E-state index >= 15 is 0 Å². The Kier molecular flexibility index (Phi) is 6.20. The number of nitrogens with zero attached hydrogens (tertiary/aromatic N) is 1. The molecule has 1 atom stereocenters. The van der Waals surface area contributed by atoms with Gasteiger partial charge < -0.3 is 10.1 Å². The lowest BCUT2D eigenvalue weighted by atomic mass is 9.76. The van der Waals surface area contributed by atoms with Gasteiger partial charge in [0.2, 0.25) is 0 Å². The number of carbonyl (C=O) groups excluding carboxylic acids is 1. The maximum atomic E-state index is 13.7. The summed E-state index contributed by atoms with van der Waals surface area (Å²) in [6.45, 7) is 0. The van der Waals surface area contributed by atoms with Crippen molar-refractivity contribution in [3.8, 4) is 5.75 Å². The van der Waals surface area contributed by atoms with Gasteiger partial charge in [-0.15, -0.1) is 0 Å². The van der Waals surface area contributed by atoms with Gasteiger partial charge in [0, 0.05) is 16.3 Å². The summed E-state index contributed by atoms with van der Waals surface area (Å²) >= 11 is 6.33. The van der Waals surface area contributed by atoms with Crippen molar-refractivity contribution < 1.29 is 14.4 Å². The maximum absolute atomic E-state index is 13.7. The zero-order valence-corrected chi connectivity index (χ0v) is 20.2. The van der Waals surface area contributed by atoms with Gasteiger partial charge in [-0.3, -0.25) is 9.63 Å². The average Bonchev–Trinajstić information content (AvgIpc) is 3.12. The third kappa shape index (κ3) is 3.93. The van der Waals surface area contributed by atoms with Crippen LogP contribution < -0.4 is 10.1 Å². The quantitative estimate of drug-likeness (QED) is 0.327. The number of fused-ring (bicyclic) bond motifs is 1. The highest BCUT2D eigenvalue weighted by molar-refractivity contribution is 6.31. The summed E-state index contributed by atoms with van der Waals surface area (Å²) < 4.78 is 5.35. The lowest BCUT2D eigenvalue weighted by Crippen LogP contribution is -2.53. The van der Waals surface area contributed by atoms with E-state index in [1.807, 2.05) is 72.8 Å².